The molecule has 0 saturated carbocycles. The molecule has 0 amide bonds. The summed E-state index contributed by atoms with van der Waals surface area (Å²) in [7, 11) is -1.87. The second-order valence-electron chi connectivity index (χ2n) is 4.85. The Morgan fingerprint density at radius 2 is 2.35 bits per heavy atom. The summed E-state index contributed by atoms with van der Waals surface area (Å²) in [4.78, 5) is 10.9. The van der Waals surface area contributed by atoms with Gasteiger partial charge in [-0.05, 0) is 43.8 Å². The van der Waals surface area contributed by atoms with Crippen LogP contribution >= 0.6 is 11.3 Å². The molecule has 0 bridgehead atoms. The van der Waals surface area contributed by atoms with E-state index >= 15 is 0 Å². The maximum absolute atomic E-state index is 12.6. The van der Waals surface area contributed by atoms with Gasteiger partial charge >= 0.3 is 5.97 Å². The normalized spacial score (nSPS) is 20.9. The number of aromatic carboxylic acids is 1. The first-order chi connectivity index (χ1) is 9.46. The molecule has 1 saturated heterocycles. The molecule has 20 heavy (non-hydrogen) atoms. The zero-order valence-electron chi connectivity index (χ0n) is 11.2. The van der Waals surface area contributed by atoms with E-state index in [1.807, 2.05) is 7.05 Å². The van der Waals surface area contributed by atoms with E-state index in [0.717, 1.165) is 30.7 Å². The van der Waals surface area contributed by atoms with Gasteiger partial charge in [0.1, 0.15) is 9.77 Å². The first kappa shape index (κ1) is 15.4. The molecule has 0 spiro atoms. The van der Waals surface area contributed by atoms with Crippen LogP contribution in [0.2, 0.25) is 0 Å². The number of carboxylic acids is 1. The molecule has 0 radical (unpaired) electrons. The van der Waals surface area contributed by atoms with Crippen molar-refractivity contribution >= 4 is 27.3 Å². The van der Waals surface area contributed by atoms with E-state index in [9.17, 15) is 13.2 Å². The van der Waals surface area contributed by atoms with Crippen LogP contribution in [-0.4, -0.2) is 50.5 Å². The molecule has 8 heteroatoms. The van der Waals surface area contributed by atoms with Crippen LogP contribution in [0.5, 0.6) is 0 Å². The number of carbonyl (C=O) groups is 1. The fraction of sp³-hybridized carbons (Fsp3) is 0.583. The Balaban J connectivity index is 2.25. The number of carboxylic acid groups (broad SMARTS) is 1. The lowest BCUT2D eigenvalue weighted by Gasteiger charge is -2.31. The number of nitrogens with one attached hydrogen (secondary N) is 1. The summed E-state index contributed by atoms with van der Waals surface area (Å²) < 4.78 is 26.6. The summed E-state index contributed by atoms with van der Waals surface area (Å²) in [5.41, 5.74) is 0. The van der Waals surface area contributed by atoms with E-state index in [1.165, 1.54) is 15.8 Å². The summed E-state index contributed by atoms with van der Waals surface area (Å²) in [6.45, 7) is 1.66. The largest absolute Gasteiger partial charge is 0.477 e. The lowest BCUT2D eigenvalue weighted by molar-refractivity contribution is 0.0698. The fourth-order valence-electron chi connectivity index (χ4n) is 2.50. The number of hydrogen-bond donors (Lipinski definition) is 2. The summed E-state index contributed by atoms with van der Waals surface area (Å²) in [5.74, 6) is -0.919. The number of thiophene rings is 1. The van der Waals surface area contributed by atoms with Crippen LogP contribution < -0.4 is 5.32 Å². The van der Waals surface area contributed by atoms with Crippen molar-refractivity contribution in [1.29, 1.82) is 0 Å². The van der Waals surface area contributed by atoms with Gasteiger partial charge in [0.15, 0.2) is 0 Å². The number of hydrogen-bond acceptors (Lipinski definition) is 5. The van der Waals surface area contributed by atoms with E-state index in [0.29, 0.717) is 13.1 Å². The molecule has 1 atom stereocenters. The van der Waals surface area contributed by atoms with E-state index in [-0.39, 0.29) is 15.7 Å². The zero-order chi connectivity index (χ0) is 14.8. The molecule has 2 rings (SSSR count). The first-order valence-electron chi connectivity index (χ1n) is 6.42. The second kappa shape index (κ2) is 6.21. The van der Waals surface area contributed by atoms with Crippen molar-refractivity contribution in [2.45, 2.75) is 17.7 Å². The van der Waals surface area contributed by atoms with Crippen LogP contribution in [0.4, 0.5) is 0 Å². The van der Waals surface area contributed by atoms with E-state index in [1.54, 1.807) is 0 Å². The number of nitrogens with zero attached hydrogens (tertiary/aromatic N) is 1. The van der Waals surface area contributed by atoms with Crippen molar-refractivity contribution in [2.24, 2.45) is 5.92 Å². The van der Waals surface area contributed by atoms with Crippen molar-refractivity contribution in [3.05, 3.63) is 16.3 Å². The van der Waals surface area contributed by atoms with Gasteiger partial charge in [-0.15, -0.1) is 11.3 Å². The van der Waals surface area contributed by atoms with Gasteiger partial charge in [0, 0.05) is 13.1 Å². The van der Waals surface area contributed by atoms with E-state index in [2.05, 4.69) is 5.32 Å². The Morgan fingerprint density at radius 1 is 1.60 bits per heavy atom. The summed E-state index contributed by atoms with van der Waals surface area (Å²) in [6, 6.07) is 1.38. The molecule has 1 fully saturated rings. The minimum atomic E-state index is -3.71. The van der Waals surface area contributed by atoms with Crippen molar-refractivity contribution in [3.8, 4) is 0 Å². The Hall–Kier alpha value is -0.960. The van der Waals surface area contributed by atoms with Crippen LogP contribution in [-0.2, 0) is 10.0 Å². The zero-order valence-corrected chi connectivity index (χ0v) is 12.8. The Kier molecular flexibility index (Phi) is 4.79. The van der Waals surface area contributed by atoms with Gasteiger partial charge in [0.25, 0.3) is 0 Å². The maximum atomic E-state index is 12.6. The summed E-state index contributed by atoms with van der Waals surface area (Å²) in [5, 5.41) is 13.6. The molecule has 6 nitrogen and oxygen atoms in total. The van der Waals surface area contributed by atoms with Gasteiger partial charge in [-0.3, -0.25) is 0 Å². The van der Waals surface area contributed by atoms with Crippen molar-refractivity contribution in [3.63, 3.8) is 0 Å². The van der Waals surface area contributed by atoms with Crippen LogP contribution in [0.3, 0.4) is 0 Å². The highest BCUT2D eigenvalue weighted by Gasteiger charge is 2.33. The van der Waals surface area contributed by atoms with Crippen molar-refractivity contribution in [2.75, 3.05) is 26.7 Å². The second-order valence-corrected chi connectivity index (χ2v) is 7.67. The minimum Gasteiger partial charge on any atom is -0.477 e. The molecule has 1 unspecified atom stereocenters. The van der Waals surface area contributed by atoms with Gasteiger partial charge in [-0.2, -0.15) is 4.31 Å². The molecular formula is C12H18N2O4S2. The monoisotopic (exact) mass is 318 g/mol. The third-order valence-corrected chi connectivity index (χ3v) is 6.35. The van der Waals surface area contributed by atoms with Gasteiger partial charge in [0.2, 0.25) is 10.0 Å². The molecule has 1 aromatic rings. The molecule has 112 valence electrons. The SMILES string of the molecule is CNCC1CCCN(S(=O)(=O)c2ccsc2C(=O)O)C1. The lowest BCUT2D eigenvalue weighted by Crippen LogP contribution is -2.42. The quantitative estimate of drug-likeness (QED) is 0.848. The van der Waals surface area contributed by atoms with Gasteiger partial charge in [-0.1, -0.05) is 0 Å². The topological polar surface area (TPSA) is 86.7 Å². The van der Waals surface area contributed by atoms with Crippen LogP contribution in [0, 0.1) is 5.92 Å². The Morgan fingerprint density at radius 3 is 3.00 bits per heavy atom. The average molecular weight is 318 g/mol. The smallest absolute Gasteiger partial charge is 0.347 e. The highest BCUT2D eigenvalue weighted by Crippen LogP contribution is 2.28. The number of piperidine rings is 1. The molecular weight excluding hydrogens is 300 g/mol. The highest BCUT2D eigenvalue weighted by atomic mass is 32.2. The standard InChI is InChI=1S/C12H18N2O4S2/c1-13-7-9-3-2-5-14(8-9)20(17,18)10-4-6-19-11(10)12(15)16/h4,6,9,13H,2-3,5,7-8H2,1H3,(H,15,16). The number of sulfonamides is 1. The molecule has 0 aromatic carbocycles. The predicted molar refractivity (Wildman–Crippen MR) is 76.7 cm³/mol. The lowest BCUT2D eigenvalue weighted by atomic mass is 10.00. The summed E-state index contributed by atoms with van der Waals surface area (Å²) in [6.07, 6.45) is 1.79. The molecule has 2 heterocycles. The molecule has 1 aromatic heterocycles. The highest BCUT2D eigenvalue weighted by molar-refractivity contribution is 7.89. The van der Waals surface area contributed by atoms with Crippen LogP contribution in [0.25, 0.3) is 0 Å². The Labute approximate surface area is 122 Å². The molecule has 1 aliphatic rings. The molecule has 1 aliphatic heterocycles. The predicted octanol–water partition coefficient (Wildman–Crippen LogP) is 1.07. The Bertz CT molecular complexity index is 580. The minimum absolute atomic E-state index is 0.0832. The van der Waals surface area contributed by atoms with Gasteiger partial charge < -0.3 is 10.4 Å². The molecule has 0 aliphatic carbocycles. The third-order valence-electron chi connectivity index (χ3n) is 3.42. The average Bonchev–Trinajstić information content (AvgIpc) is 2.89. The van der Waals surface area contributed by atoms with Gasteiger partial charge in [-0.25, -0.2) is 13.2 Å². The fourth-order valence-corrected chi connectivity index (χ4v) is 5.28. The van der Waals surface area contributed by atoms with E-state index in [4.69, 9.17) is 5.11 Å². The van der Waals surface area contributed by atoms with Crippen molar-refractivity contribution < 1.29 is 18.3 Å². The number of rotatable bonds is 5. The maximum Gasteiger partial charge on any atom is 0.347 e. The first-order valence-corrected chi connectivity index (χ1v) is 8.74. The van der Waals surface area contributed by atoms with Crippen LogP contribution in [0.1, 0.15) is 22.5 Å². The van der Waals surface area contributed by atoms with Crippen LogP contribution in [0.15, 0.2) is 16.3 Å². The summed E-state index contributed by atoms with van der Waals surface area (Å²) >= 11 is 0.942. The van der Waals surface area contributed by atoms with Crippen molar-refractivity contribution in [1.82, 2.24) is 9.62 Å². The third kappa shape index (κ3) is 3.03. The molecule has 2 N–H and O–H groups in total. The van der Waals surface area contributed by atoms with E-state index < -0.39 is 16.0 Å². The van der Waals surface area contributed by atoms with Gasteiger partial charge in [0.05, 0.1) is 0 Å².